The number of aliphatic hydroxyl groups excluding tert-OH is 1. The Kier molecular flexibility index (Phi) is 5.35. The molecule has 104 valence electrons. The molecule has 1 N–H and O–H groups in total. The highest BCUT2D eigenvalue weighted by atomic mass is 16.6. The van der Waals surface area contributed by atoms with Crippen molar-refractivity contribution in [1.82, 2.24) is 0 Å². The number of ether oxygens (including phenoxy) is 2. The van der Waals surface area contributed by atoms with Crippen molar-refractivity contribution < 1.29 is 19.4 Å². The SMILES string of the molecule is COC(=O)CC1CC(=CCC(O)OC(C)(C)C)C1. The second-order valence-corrected chi connectivity index (χ2v) is 5.84. The lowest BCUT2D eigenvalue weighted by atomic mass is 9.77. The third-order valence-corrected chi connectivity index (χ3v) is 2.88. The van der Waals surface area contributed by atoms with Crippen molar-refractivity contribution in [1.29, 1.82) is 0 Å². The number of methoxy groups -OCH3 is 1. The molecule has 0 heterocycles. The molecule has 1 aliphatic rings. The molecule has 0 radical (unpaired) electrons. The Balaban J connectivity index is 2.21. The van der Waals surface area contributed by atoms with Crippen molar-refractivity contribution in [2.45, 2.75) is 58.3 Å². The molecule has 0 aromatic carbocycles. The van der Waals surface area contributed by atoms with Gasteiger partial charge in [-0.05, 0) is 39.5 Å². The van der Waals surface area contributed by atoms with Crippen LogP contribution in [0.25, 0.3) is 0 Å². The maximum atomic E-state index is 11.0. The summed E-state index contributed by atoms with van der Waals surface area (Å²) in [5, 5.41) is 9.66. The van der Waals surface area contributed by atoms with E-state index in [0.29, 0.717) is 18.8 Å². The van der Waals surface area contributed by atoms with E-state index >= 15 is 0 Å². The van der Waals surface area contributed by atoms with Crippen LogP contribution in [0.3, 0.4) is 0 Å². The molecule has 1 rings (SSSR count). The summed E-state index contributed by atoms with van der Waals surface area (Å²) in [6.45, 7) is 5.75. The lowest BCUT2D eigenvalue weighted by molar-refractivity contribution is -0.162. The van der Waals surface area contributed by atoms with Gasteiger partial charge < -0.3 is 14.6 Å². The van der Waals surface area contributed by atoms with Crippen LogP contribution in [-0.2, 0) is 14.3 Å². The summed E-state index contributed by atoms with van der Waals surface area (Å²) in [7, 11) is 1.41. The molecule has 1 fully saturated rings. The van der Waals surface area contributed by atoms with Crippen LogP contribution >= 0.6 is 0 Å². The van der Waals surface area contributed by atoms with Crippen LogP contribution in [0.1, 0.15) is 46.5 Å². The summed E-state index contributed by atoms with van der Waals surface area (Å²) in [5.41, 5.74) is 0.964. The molecule has 4 nitrogen and oxygen atoms in total. The van der Waals surface area contributed by atoms with E-state index in [1.165, 1.54) is 12.7 Å². The first-order valence-electron chi connectivity index (χ1n) is 6.41. The molecule has 4 heteroatoms. The Morgan fingerprint density at radius 3 is 2.61 bits per heavy atom. The Bertz CT molecular complexity index is 306. The molecule has 0 saturated heterocycles. The Morgan fingerprint density at radius 2 is 2.11 bits per heavy atom. The molecule has 0 aliphatic heterocycles. The molecular weight excluding hydrogens is 232 g/mol. The third-order valence-electron chi connectivity index (χ3n) is 2.88. The molecule has 0 aromatic heterocycles. The van der Waals surface area contributed by atoms with E-state index < -0.39 is 6.29 Å². The zero-order valence-electron chi connectivity index (χ0n) is 11.7. The minimum atomic E-state index is -0.753. The standard InChI is InChI=1S/C14H24O4/c1-14(2,3)18-12(15)6-5-10-7-11(8-10)9-13(16)17-4/h5,11-12,15H,6-9H2,1-4H3. The van der Waals surface area contributed by atoms with Crippen LogP contribution in [0.2, 0.25) is 0 Å². The smallest absolute Gasteiger partial charge is 0.305 e. The maximum Gasteiger partial charge on any atom is 0.305 e. The predicted octanol–water partition coefficient (Wildman–Crippen LogP) is 2.41. The monoisotopic (exact) mass is 256 g/mol. The minimum Gasteiger partial charge on any atom is -0.469 e. The van der Waals surface area contributed by atoms with Crippen molar-refractivity contribution in [3.63, 3.8) is 0 Å². The normalized spacial score (nSPS) is 21.2. The third kappa shape index (κ3) is 5.65. The highest BCUT2D eigenvalue weighted by Crippen LogP contribution is 2.36. The number of aliphatic hydroxyl groups is 1. The fourth-order valence-electron chi connectivity index (χ4n) is 2.04. The van der Waals surface area contributed by atoms with Gasteiger partial charge in [-0.1, -0.05) is 11.6 Å². The van der Waals surface area contributed by atoms with Crippen LogP contribution in [0, 0.1) is 5.92 Å². The molecule has 1 atom stereocenters. The van der Waals surface area contributed by atoms with Crippen molar-refractivity contribution in [3.05, 3.63) is 11.6 Å². The number of esters is 1. The van der Waals surface area contributed by atoms with Crippen molar-refractivity contribution >= 4 is 5.97 Å². The van der Waals surface area contributed by atoms with Crippen molar-refractivity contribution in [2.24, 2.45) is 5.92 Å². The second kappa shape index (κ2) is 6.34. The van der Waals surface area contributed by atoms with Crippen LogP contribution < -0.4 is 0 Å². The van der Waals surface area contributed by atoms with Crippen LogP contribution in [-0.4, -0.2) is 30.1 Å². The van der Waals surface area contributed by atoms with Crippen molar-refractivity contribution in [3.8, 4) is 0 Å². The summed E-state index contributed by atoms with van der Waals surface area (Å²) in [5.74, 6) is 0.263. The van der Waals surface area contributed by atoms with Gasteiger partial charge in [0, 0.05) is 12.8 Å². The molecule has 0 aromatic rings. The fraction of sp³-hybridized carbons (Fsp3) is 0.786. The number of hydrogen-bond donors (Lipinski definition) is 1. The van der Waals surface area contributed by atoms with Crippen molar-refractivity contribution in [2.75, 3.05) is 7.11 Å². The number of hydrogen-bond acceptors (Lipinski definition) is 4. The van der Waals surface area contributed by atoms with Gasteiger partial charge in [0.2, 0.25) is 0 Å². The summed E-state index contributed by atoms with van der Waals surface area (Å²) >= 11 is 0. The Morgan fingerprint density at radius 1 is 1.50 bits per heavy atom. The molecule has 0 spiro atoms. The molecule has 0 amide bonds. The number of allylic oxidation sites excluding steroid dienone is 1. The number of carbonyl (C=O) groups is 1. The highest BCUT2D eigenvalue weighted by molar-refractivity contribution is 5.69. The van der Waals surface area contributed by atoms with Gasteiger partial charge in [-0.15, -0.1) is 0 Å². The number of rotatable bonds is 5. The van der Waals surface area contributed by atoms with E-state index in [2.05, 4.69) is 4.74 Å². The van der Waals surface area contributed by atoms with Gasteiger partial charge in [0.1, 0.15) is 0 Å². The number of carbonyl (C=O) groups excluding carboxylic acids is 1. The van der Waals surface area contributed by atoms with E-state index in [1.807, 2.05) is 26.8 Å². The van der Waals surface area contributed by atoms with Gasteiger partial charge in [0.25, 0.3) is 0 Å². The quantitative estimate of drug-likeness (QED) is 0.466. The van der Waals surface area contributed by atoms with E-state index in [9.17, 15) is 9.90 Å². The first-order chi connectivity index (χ1) is 8.30. The molecule has 1 aliphatic carbocycles. The zero-order chi connectivity index (χ0) is 13.8. The average Bonchev–Trinajstić information content (AvgIpc) is 2.18. The summed E-state index contributed by atoms with van der Waals surface area (Å²) in [6, 6.07) is 0. The predicted molar refractivity (Wildman–Crippen MR) is 68.9 cm³/mol. The molecular formula is C14H24O4. The Hall–Kier alpha value is -0.870. The molecule has 18 heavy (non-hydrogen) atoms. The Labute approximate surface area is 109 Å². The van der Waals surface area contributed by atoms with Gasteiger partial charge in [-0.2, -0.15) is 0 Å². The molecule has 0 bridgehead atoms. The lowest BCUT2D eigenvalue weighted by Gasteiger charge is -2.29. The minimum absolute atomic E-state index is 0.143. The lowest BCUT2D eigenvalue weighted by Crippen LogP contribution is -2.27. The van der Waals surface area contributed by atoms with Gasteiger partial charge in [0.15, 0.2) is 6.29 Å². The van der Waals surface area contributed by atoms with Gasteiger partial charge in [-0.25, -0.2) is 0 Å². The summed E-state index contributed by atoms with van der Waals surface area (Å²) in [4.78, 5) is 11.0. The van der Waals surface area contributed by atoms with Crippen LogP contribution in [0.4, 0.5) is 0 Å². The van der Waals surface area contributed by atoms with Gasteiger partial charge >= 0.3 is 5.97 Å². The van der Waals surface area contributed by atoms with Crippen LogP contribution in [0.15, 0.2) is 11.6 Å². The van der Waals surface area contributed by atoms with Gasteiger partial charge in [0.05, 0.1) is 12.7 Å². The van der Waals surface area contributed by atoms with E-state index in [-0.39, 0.29) is 11.6 Å². The zero-order valence-corrected chi connectivity index (χ0v) is 11.7. The first kappa shape index (κ1) is 15.2. The van der Waals surface area contributed by atoms with Crippen LogP contribution in [0.5, 0.6) is 0 Å². The molecule has 1 unspecified atom stereocenters. The first-order valence-corrected chi connectivity index (χ1v) is 6.41. The second-order valence-electron chi connectivity index (χ2n) is 5.84. The average molecular weight is 256 g/mol. The summed E-state index contributed by atoms with van der Waals surface area (Å²) < 4.78 is 10.0. The van der Waals surface area contributed by atoms with E-state index in [0.717, 1.165) is 12.8 Å². The van der Waals surface area contributed by atoms with E-state index in [1.54, 1.807) is 0 Å². The maximum absolute atomic E-state index is 11.0. The van der Waals surface area contributed by atoms with Gasteiger partial charge in [-0.3, -0.25) is 4.79 Å². The van der Waals surface area contributed by atoms with E-state index in [4.69, 9.17) is 4.74 Å². The topological polar surface area (TPSA) is 55.8 Å². The molecule has 1 saturated carbocycles. The largest absolute Gasteiger partial charge is 0.469 e. The highest BCUT2D eigenvalue weighted by Gasteiger charge is 2.26. The summed E-state index contributed by atoms with van der Waals surface area (Å²) in [6.07, 6.45) is 4.13. The fourth-order valence-corrected chi connectivity index (χ4v) is 2.04.